The number of nitrogen functional groups attached to an aromatic ring is 1. The van der Waals surface area contributed by atoms with Crippen LogP contribution in [0.25, 0.3) is 0 Å². The zero-order valence-corrected chi connectivity index (χ0v) is 9.91. The second kappa shape index (κ2) is 4.83. The van der Waals surface area contributed by atoms with Gasteiger partial charge in [0.15, 0.2) is 0 Å². The third kappa shape index (κ3) is 2.45. The number of carbonyl (C=O) groups excluding carboxylic acids is 1. The van der Waals surface area contributed by atoms with Crippen LogP contribution in [0.1, 0.15) is 11.7 Å². The van der Waals surface area contributed by atoms with Gasteiger partial charge in [-0.05, 0) is 18.1 Å². The van der Waals surface area contributed by atoms with Gasteiger partial charge >= 0.3 is 5.69 Å². The molecule has 92 valence electrons. The normalized spacial score (nSPS) is 18.3. The summed E-state index contributed by atoms with van der Waals surface area (Å²) in [7, 11) is 0. The number of allylic oxidation sites excluding steroid dienone is 6. The lowest BCUT2D eigenvalue weighted by Crippen LogP contribution is -2.29. The molecule has 0 radical (unpaired) electrons. The summed E-state index contributed by atoms with van der Waals surface area (Å²) in [4.78, 5) is 27.2. The van der Waals surface area contributed by atoms with Crippen molar-refractivity contribution in [3.63, 3.8) is 0 Å². The average Bonchev–Trinajstić information content (AvgIpc) is 2.53. The van der Waals surface area contributed by atoms with Gasteiger partial charge in [0.1, 0.15) is 5.82 Å². The summed E-state index contributed by atoms with van der Waals surface area (Å²) in [5.74, 6) is -0.0572. The molecule has 0 fully saturated rings. The SMILES string of the molecule is CC1C=CC=C(C(=O)n2ccc(N)nc2=O)C=C1. The summed E-state index contributed by atoms with van der Waals surface area (Å²) in [6.07, 6.45) is 10.4. The van der Waals surface area contributed by atoms with E-state index in [1.165, 1.54) is 12.3 Å². The third-order valence-electron chi connectivity index (χ3n) is 2.56. The van der Waals surface area contributed by atoms with E-state index >= 15 is 0 Å². The van der Waals surface area contributed by atoms with Crippen LogP contribution >= 0.6 is 0 Å². The number of nitrogens with two attached hydrogens (primary N) is 1. The molecule has 1 aliphatic rings. The number of hydrogen-bond donors (Lipinski definition) is 1. The summed E-state index contributed by atoms with van der Waals surface area (Å²) < 4.78 is 0.941. The fourth-order valence-electron chi connectivity index (χ4n) is 1.56. The lowest BCUT2D eigenvalue weighted by atomic mass is 10.1. The minimum Gasteiger partial charge on any atom is -0.383 e. The molecule has 18 heavy (non-hydrogen) atoms. The molecule has 0 amide bonds. The molecule has 1 aromatic rings. The van der Waals surface area contributed by atoms with Gasteiger partial charge in [-0.25, -0.2) is 9.36 Å². The van der Waals surface area contributed by atoms with E-state index in [1.54, 1.807) is 18.2 Å². The quantitative estimate of drug-likeness (QED) is 0.802. The number of rotatable bonds is 1. The Morgan fingerprint density at radius 2 is 2.22 bits per heavy atom. The van der Waals surface area contributed by atoms with Crippen LogP contribution in [0.3, 0.4) is 0 Å². The Bertz CT molecular complexity index is 623. The largest absolute Gasteiger partial charge is 0.383 e. The molecule has 5 nitrogen and oxygen atoms in total. The first-order valence-corrected chi connectivity index (χ1v) is 5.54. The van der Waals surface area contributed by atoms with Crippen molar-refractivity contribution in [2.75, 3.05) is 5.73 Å². The van der Waals surface area contributed by atoms with E-state index in [4.69, 9.17) is 5.73 Å². The van der Waals surface area contributed by atoms with E-state index in [-0.39, 0.29) is 11.7 Å². The maximum atomic E-state index is 12.1. The first-order valence-electron chi connectivity index (χ1n) is 5.54. The van der Waals surface area contributed by atoms with Crippen molar-refractivity contribution in [2.45, 2.75) is 6.92 Å². The van der Waals surface area contributed by atoms with Crippen molar-refractivity contribution in [1.29, 1.82) is 0 Å². The molecule has 2 rings (SSSR count). The van der Waals surface area contributed by atoms with Crippen LogP contribution in [0.15, 0.2) is 53.0 Å². The lowest BCUT2D eigenvalue weighted by Gasteiger charge is -2.03. The van der Waals surface area contributed by atoms with Gasteiger partial charge in [0.25, 0.3) is 5.91 Å². The topological polar surface area (TPSA) is 78.0 Å². The van der Waals surface area contributed by atoms with Crippen LogP contribution in [-0.2, 0) is 0 Å². The summed E-state index contributed by atoms with van der Waals surface area (Å²) >= 11 is 0. The van der Waals surface area contributed by atoms with Crippen LogP contribution in [0.4, 0.5) is 5.82 Å². The van der Waals surface area contributed by atoms with Crippen LogP contribution in [-0.4, -0.2) is 15.5 Å². The monoisotopic (exact) mass is 243 g/mol. The zero-order chi connectivity index (χ0) is 13.1. The Morgan fingerprint density at radius 3 is 2.94 bits per heavy atom. The standard InChI is InChI=1S/C13H13N3O2/c1-9-3-2-4-10(6-5-9)12(17)16-8-7-11(14)15-13(16)18/h2-9H,1H3,(H2,14,15,18). The van der Waals surface area contributed by atoms with Gasteiger partial charge in [0.2, 0.25) is 0 Å². The fraction of sp³-hybridized carbons (Fsp3) is 0.154. The summed E-state index contributed by atoms with van der Waals surface area (Å²) in [6, 6.07) is 1.42. The molecule has 0 spiro atoms. The second-order valence-electron chi connectivity index (χ2n) is 4.04. The summed E-state index contributed by atoms with van der Waals surface area (Å²) in [5.41, 5.74) is 5.14. The Labute approximate surface area is 104 Å². The molecule has 1 aromatic heterocycles. The predicted molar refractivity (Wildman–Crippen MR) is 69.1 cm³/mol. The maximum Gasteiger partial charge on any atom is 0.356 e. The second-order valence-corrected chi connectivity index (χ2v) is 4.04. The van der Waals surface area contributed by atoms with Gasteiger partial charge in [0, 0.05) is 11.8 Å². The molecule has 5 heteroatoms. The van der Waals surface area contributed by atoms with E-state index in [1.807, 2.05) is 19.1 Å². The molecule has 0 aromatic carbocycles. The highest BCUT2D eigenvalue weighted by molar-refractivity contribution is 5.98. The Morgan fingerprint density at radius 1 is 1.44 bits per heavy atom. The van der Waals surface area contributed by atoms with E-state index in [9.17, 15) is 9.59 Å². The minimum absolute atomic E-state index is 0.1000. The van der Waals surface area contributed by atoms with Crippen LogP contribution in [0.2, 0.25) is 0 Å². The van der Waals surface area contributed by atoms with Crippen molar-refractivity contribution in [3.05, 3.63) is 58.7 Å². The van der Waals surface area contributed by atoms with E-state index in [0.717, 1.165) is 4.57 Å². The Kier molecular flexibility index (Phi) is 3.23. The number of aromatic nitrogens is 2. The van der Waals surface area contributed by atoms with Crippen molar-refractivity contribution >= 4 is 11.7 Å². The van der Waals surface area contributed by atoms with E-state index in [0.29, 0.717) is 5.57 Å². The molecule has 0 aliphatic heterocycles. The fourth-order valence-corrected chi connectivity index (χ4v) is 1.56. The van der Waals surface area contributed by atoms with Gasteiger partial charge in [-0.3, -0.25) is 4.79 Å². The Balaban J connectivity index is 2.38. The van der Waals surface area contributed by atoms with E-state index < -0.39 is 11.6 Å². The highest BCUT2D eigenvalue weighted by Crippen LogP contribution is 2.10. The average molecular weight is 243 g/mol. The van der Waals surface area contributed by atoms with Crippen molar-refractivity contribution in [1.82, 2.24) is 9.55 Å². The highest BCUT2D eigenvalue weighted by Gasteiger charge is 2.12. The van der Waals surface area contributed by atoms with Crippen molar-refractivity contribution < 1.29 is 4.79 Å². The van der Waals surface area contributed by atoms with Crippen LogP contribution in [0.5, 0.6) is 0 Å². The van der Waals surface area contributed by atoms with Crippen LogP contribution < -0.4 is 11.4 Å². The van der Waals surface area contributed by atoms with Crippen molar-refractivity contribution in [2.24, 2.45) is 5.92 Å². The molecule has 2 N–H and O–H groups in total. The van der Waals surface area contributed by atoms with Crippen LogP contribution in [0, 0.1) is 5.92 Å². The van der Waals surface area contributed by atoms with E-state index in [2.05, 4.69) is 4.98 Å². The Hall–Kier alpha value is -2.43. The maximum absolute atomic E-state index is 12.1. The number of nitrogens with zero attached hydrogens (tertiary/aromatic N) is 2. The highest BCUT2D eigenvalue weighted by atomic mass is 16.2. The number of anilines is 1. The first kappa shape index (κ1) is 12.0. The molecule has 1 heterocycles. The molecule has 0 bridgehead atoms. The number of carbonyl (C=O) groups is 1. The smallest absolute Gasteiger partial charge is 0.356 e. The number of hydrogen-bond acceptors (Lipinski definition) is 4. The van der Waals surface area contributed by atoms with Gasteiger partial charge in [0.05, 0.1) is 0 Å². The summed E-state index contributed by atoms with van der Waals surface area (Å²) in [5, 5.41) is 0. The summed E-state index contributed by atoms with van der Waals surface area (Å²) in [6.45, 7) is 2.01. The first-order chi connectivity index (χ1) is 8.58. The molecule has 1 atom stereocenters. The van der Waals surface area contributed by atoms with Gasteiger partial charge in [-0.1, -0.05) is 31.2 Å². The molecule has 1 unspecified atom stereocenters. The molecule has 1 aliphatic carbocycles. The molecule has 0 saturated heterocycles. The van der Waals surface area contributed by atoms with Gasteiger partial charge in [-0.15, -0.1) is 0 Å². The minimum atomic E-state index is -0.671. The van der Waals surface area contributed by atoms with Crippen molar-refractivity contribution in [3.8, 4) is 0 Å². The molecular weight excluding hydrogens is 230 g/mol. The van der Waals surface area contributed by atoms with Gasteiger partial charge < -0.3 is 5.73 Å². The molecule has 0 saturated carbocycles. The lowest BCUT2D eigenvalue weighted by molar-refractivity contribution is 0.0953. The molecular formula is C13H13N3O2. The third-order valence-corrected chi connectivity index (χ3v) is 2.56. The van der Waals surface area contributed by atoms with Gasteiger partial charge in [-0.2, -0.15) is 4.98 Å². The predicted octanol–water partition coefficient (Wildman–Crippen LogP) is 1.15. The zero-order valence-electron chi connectivity index (χ0n) is 9.91.